The number of carbonyl (C=O) groups is 1. The van der Waals surface area contributed by atoms with E-state index in [9.17, 15) is 9.90 Å². The highest BCUT2D eigenvalue weighted by Crippen LogP contribution is 2.15. The summed E-state index contributed by atoms with van der Waals surface area (Å²) >= 11 is 0. The lowest BCUT2D eigenvalue weighted by Crippen LogP contribution is -2.42. The van der Waals surface area contributed by atoms with Crippen molar-refractivity contribution in [1.82, 2.24) is 4.90 Å². The van der Waals surface area contributed by atoms with Crippen LogP contribution in [0.25, 0.3) is 0 Å². The summed E-state index contributed by atoms with van der Waals surface area (Å²) in [7, 11) is 0. The van der Waals surface area contributed by atoms with Crippen molar-refractivity contribution in [3.8, 4) is 0 Å². The van der Waals surface area contributed by atoms with Crippen molar-refractivity contribution < 1.29 is 19.4 Å². The predicted molar refractivity (Wildman–Crippen MR) is 210 cm³/mol. The normalized spacial score (nSPS) is 12.1. The van der Waals surface area contributed by atoms with Crippen molar-refractivity contribution >= 4 is 5.91 Å². The zero-order valence-corrected chi connectivity index (χ0v) is 32.6. The van der Waals surface area contributed by atoms with Gasteiger partial charge >= 0.3 is 0 Å². The molecule has 0 bridgehead atoms. The fraction of sp³-hybridized carbons (Fsp3) is 0.841. The molecule has 1 atom stereocenters. The van der Waals surface area contributed by atoms with E-state index in [0.29, 0.717) is 32.7 Å². The molecule has 0 heterocycles. The van der Waals surface area contributed by atoms with E-state index in [1.54, 1.807) is 4.90 Å². The van der Waals surface area contributed by atoms with Gasteiger partial charge in [-0.25, -0.2) is 0 Å². The van der Waals surface area contributed by atoms with Crippen molar-refractivity contribution in [1.29, 1.82) is 0 Å². The smallest absolute Gasteiger partial charge is 0.222 e. The summed E-state index contributed by atoms with van der Waals surface area (Å²) in [6.45, 7) is 7.04. The van der Waals surface area contributed by atoms with E-state index in [1.165, 1.54) is 154 Å². The SMILES string of the molecule is CCCCCCCCCCCCCCCCOCC(CN(CCO)C(=O)CCCCCCCCCCCCCCC)OCc1ccccc1. The van der Waals surface area contributed by atoms with Gasteiger partial charge in [-0.3, -0.25) is 4.79 Å². The lowest BCUT2D eigenvalue weighted by atomic mass is 10.0. The van der Waals surface area contributed by atoms with E-state index in [2.05, 4.69) is 26.0 Å². The summed E-state index contributed by atoms with van der Waals surface area (Å²) in [4.78, 5) is 15.0. The van der Waals surface area contributed by atoms with E-state index in [-0.39, 0.29) is 18.6 Å². The van der Waals surface area contributed by atoms with Crippen molar-refractivity contribution in [2.45, 2.75) is 206 Å². The standard InChI is InChI=1S/C44H81NO4/c1-3-5-7-9-11-13-15-17-19-21-23-25-27-32-38-48-41-43(49-40-42-33-29-28-30-34-42)39-45(36-37-46)44(47)35-31-26-24-22-20-18-16-14-12-10-8-6-4-2/h28-30,33-34,43,46H,3-27,31-32,35-41H2,1-2H3. The Labute approximate surface area is 304 Å². The molecular weight excluding hydrogens is 606 g/mol. The van der Waals surface area contributed by atoms with Crippen LogP contribution in [0.1, 0.15) is 199 Å². The number of amides is 1. The molecule has 1 unspecified atom stereocenters. The third-order valence-corrected chi connectivity index (χ3v) is 9.92. The molecule has 0 aliphatic heterocycles. The van der Waals surface area contributed by atoms with Crippen molar-refractivity contribution in [2.75, 3.05) is 32.9 Å². The first-order chi connectivity index (χ1) is 24.2. The van der Waals surface area contributed by atoms with Gasteiger partial charge in [-0.1, -0.05) is 205 Å². The molecule has 1 aromatic rings. The van der Waals surface area contributed by atoms with Gasteiger partial charge in [-0.2, -0.15) is 0 Å². The Morgan fingerprint density at radius 3 is 1.49 bits per heavy atom. The van der Waals surface area contributed by atoms with Crippen LogP contribution in [0.4, 0.5) is 0 Å². The van der Waals surface area contributed by atoms with E-state index in [4.69, 9.17) is 9.47 Å². The minimum atomic E-state index is -0.214. The molecular formula is C44H81NO4. The summed E-state index contributed by atoms with van der Waals surface area (Å²) in [5.41, 5.74) is 1.12. The molecule has 0 aliphatic carbocycles. The largest absolute Gasteiger partial charge is 0.395 e. The molecule has 0 aliphatic rings. The Bertz CT molecular complexity index is 803. The molecule has 286 valence electrons. The summed E-state index contributed by atoms with van der Waals surface area (Å²) in [6, 6.07) is 10.2. The minimum Gasteiger partial charge on any atom is -0.395 e. The van der Waals surface area contributed by atoms with Crippen LogP contribution in [0.2, 0.25) is 0 Å². The molecule has 1 amide bonds. The maximum absolute atomic E-state index is 13.2. The molecule has 5 nitrogen and oxygen atoms in total. The average molecular weight is 688 g/mol. The number of rotatable bonds is 38. The number of ether oxygens (including phenoxy) is 2. The lowest BCUT2D eigenvalue weighted by molar-refractivity contribution is -0.135. The van der Waals surface area contributed by atoms with Gasteiger partial charge in [0.05, 0.1) is 25.9 Å². The maximum Gasteiger partial charge on any atom is 0.222 e. The minimum absolute atomic E-state index is 0.0321. The van der Waals surface area contributed by atoms with Crippen LogP contribution in [0.15, 0.2) is 30.3 Å². The molecule has 0 aromatic heterocycles. The maximum atomic E-state index is 13.2. The Morgan fingerprint density at radius 1 is 0.612 bits per heavy atom. The Balaban J connectivity index is 2.26. The number of unbranched alkanes of at least 4 members (excludes halogenated alkanes) is 25. The van der Waals surface area contributed by atoms with Crippen molar-refractivity contribution in [3.05, 3.63) is 35.9 Å². The summed E-state index contributed by atoms with van der Waals surface area (Å²) in [6.07, 6.45) is 36.1. The van der Waals surface area contributed by atoms with Crippen molar-refractivity contribution in [2.24, 2.45) is 0 Å². The molecule has 0 saturated carbocycles. The van der Waals surface area contributed by atoms with Crippen LogP contribution in [-0.2, 0) is 20.9 Å². The first-order valence-corrected chi connectivity index (χ1v) is 21.3. The molecule has 0 fully saturated rings. The van der Waals surface area contributed by atoms with Gasteiger partial charge in [0.2, 0.25) is 5.91 Å². The van der Waals surface area contributed by atoms with E-state index >= 15 is 0 Å². The van der Waals surface area contributed by atoms with E-state index in [1.807, 2.05) is 18.2 Å². The fourth-order valence-electron chi connectivity index (χ4n) is 6.69. The Kier molecular flexibility index (Phi) is 33.8. The third kappa shape index (κ3) is 30.0. The highest BCUT2D eigenvalue weighted by atomic mass is 16.5. The predicted octanol–water partition coefficient (Wildman–Crippen LogP) is 12.4. The zero-order valence-electron chi connectivity index (χ0n) is 32.6. The molecule has 5 heteroatoms. The first-order valence-electron chi connectivity index (χ1n) is 21.3. The van der Waals surface area contributed by atoms with Crippen LogP contribution in [-0.4, -0.2) is 54.9 Å². The van der Waals surface area contributed by atoms with E-state index in [0.717, 1.165) is 31.4 Å². The van der Waals surface area contributed by atoms with Crippen molar-refractivity contribution in [3.63, 3.8) is 0 Å². The molecule has 0 radical (unpaired) electrons. The second kappa shape index (κ2) is 36.4. The second-order valence-electron chi connectivity index (χ2n) is 14.6. The van der Waals surface area contributed by atoms with Gasteiger partial charge in [0.25, 0.3) is 0 Å². The highest BCUT2D eigenvalue weighted by molar-refractivity contribution is 5.76. The molecule has 1 rings (SSSR count). The number of carbonyl (C=O) groups excluding carboxylic acids is 1. The second-order valence-corrected chi connectivity index (χ2v) is 14.6. The van der Waals surface area contributed by atoms with Crippen LogP contribution in [0.5, 0.6) is 0 Å². The van der Waals surface area contributed by atoms with Crippen LogP contribution < -0.4 is 0 Å². The Hall–Kier alpha value is -1.43. The summed E-state index contributed by atoms with van der Waals surface area (Å²) in [5, 5.41) is 9.75. The third-order valence-electron chi connectivity index (χ3n) is 9.92. The van der Waals surface area contributed by atoms with Gasteiger partial charge in [0.15, 0.2) is 0 Å². The Morgan fingerprint density at radius 2 is 1.04 bits per heavy atom. The number of aliphatic hydroxyl groups is 1. The average Bonchev–Trinajstić information content (AvgIpc) is 3.12. The van der Waals surface area contributed by atoms with Crippen LogP contribution in [0, 0.1) is 0 Å². The molecule has 1 N–H and O–H groups in total. The van der Waals surface area contributed by atoms with Gasteiger partial charge < -0.3 is 19.5 Å². The summed E-state index contributed by atoms with van der Waals surface area (Å²) in [5.74, 6) is 0.123. The van der Waals surface area contributed by atoms with Gasteiger partial charge in [0.1, 0.15) is 0 Å². The van der Waals surface area contributed by atoms with Crippen LogP contribution >= 0.6 is 0 Å². The first kappa shape index (κ1) is 45.6. The molecule has 0 spiro atoms. The fourth-order valence-corrected chi connectivity index (χ4v) is 6.69. The van der Waals surface area contributed by atoms with E-state index < -0.39 is 0 Å². The number of aliphatic hydroxyl groups excluding tert-OH is 1. The monoisotopic (exact) mass is 688 g/mol. The summed E-state index contributed by atoms with van der Waals surface area (Å²) < 4.78 is 12.4. The van der Waals surface area contributed by atoms with Crippen LogP contribution in [0.3, 0.4) is 0 Å². The molecule has 1 aromatic carbocycles. The highest BCUT2D eigenvalue weighted by Gasteiger charge is 2.20. The topological polar surface area (TPSA) is 59.0 Å². The van der Waals surface area contributed by atoms with Gasteiger partial charge in [0, 0.05) is 26.1 Å². The lowest BCUT2D eigenvalue weighted by Gasteiger charge is -2.27. The van der Waals surface area contributed by atoms with Gasteiger partial charge in [-0.05, 0) is 18.4 Å². The number of hydrogen-bond acceptors (Lipinski definition) is 4. The quantitative estimate of drug-likeness (QED) is 0.0703. The number of benzene rings is 1. The zero-order chi connectivity index (χ0) is 35.3. The number of hydrogen-bond donors (Lipinski definition) is 1. The van der Waals surface area contributed by atoms with Gasteiger partial charge in [-0.15, -0.1) is 0 Å². The molecule has 49 heavy (non-hydrogen) atoms. The molecule has 0 saturated heterocycles. The number of nitrogens with zero attached hydrogens (tertiary/aromatic N) is 1.